The van der Waals surface area contributed by atoms with E-state index in [1.165, 1.54) is 27.9 Å². The molecule has 0 aromatic carbocycles. The molecule has 0 spiro atoms. The van der Waals surface area contributed by atoms with Gasteiger partial charge in [-0.15, -0.1) is 0 Å². The van der Waals surface area contributed by atoms with Crippen molar-refractivity contribution in [3.05, 3.63) is 0 Å². The quantitative estimate of drug-likeness (QED) is 0.203. The van der Waals surface area contributed by atoms with E-state index in [1.54, 1.807) is 48.5 Å². The standard InChI is InChI=1S/C37H67NO13.C2H6O/c1-14-25-37(10,45)30(41)20(4)27(39)18(2)16-35(8,44)32(51-34-28(40)24(38(11)12)15-19(3)47-34)21(5)29(22(6)33(43)49-25)50-26-17-36(9,46-13)31(42)23(7)48-26;1-2-3/h18-26,28-32,34,40-42,44-45H,14-17H2,1-13H3;3H,2H2,1H3/t18-,19-,20+,21-,22-,23+,24+,25-,26+,28-,29+,30+,31+,32-,34+,35-,36-,37-;/m1./s1. The summed E-state index contributed by atoms with van der Waals surface area (Å²) in [5.74, 6) is -4.98. The summed E-state index contributed by atoms with van der Waals surface area (Å²) in [4.78, 5) is 29.8. The van der Waals surface area contributed by atoms with Crippen LogP contribution in [0, 0.1) is 23.7 Å². The number of aliphatic hydroxyl groups is 6. The summed E-state index contributed by atoms with van der Waals surface area (Å²) in [5.41, 5.74) is -4.84. The van der Waals surface area contributed by atoms with Crippen LogP contribution in [0.5, 0.6) is 0 Å². The van der Waals surface area contributed by atoms with Crippen LogP contribution in [0.15, 0.2) is 0 Å². The first-order valence-electron chi connectivity index (χ1n) is 19.5. The van der Waals surface area contributed by atoms with Gasteiger partial charge in [0.15, 0.2) is 12.6 Å². The van der Waals surface area contributed by atoms with Gasteiger partial charge in [-0.05, 0) is 81.8 Å². The molecule has 0 bridgehead atoms. The summed E-state index contributed by atoms with van der Waals surface area (Å²) in [6, 6.07) is -0.324. The van der Waals surface area contributed by atoms with E-state index in [2.05, 4.69) is 0 Å². The predicted octanol–water partition coefficient (Wildman–Crippen LogP) is 1.78. The van der Waals surface area contributed by atoms with E-state index in [9.17, 15) is 35.1 Å². The molecular weight excluding hydrogens is 706 g/mol. The second-order valence-electron chi connectivity index (χ2n) is 16.8. The smallest absolute Gasteiger partial charge is 0.311 e. The Morgan fingerprint density at radius 1 is 0.870 bits per heavy atom. The molecule has 318 valence electrons. The molecule has 3 aliphatic heterocycles. The SMILES string of the molecule is CCO.CC[C@H]1OC(=O)[C@H](C)[C@@H](O[C@H]2C[C@@](C)(OC)[C@@H](O)[C@H](C)O2)[C@@H](C)[C@@H](O[C@@H]2O[C@H](C)C[C@H](N(C)C)[C@H]2O)[C@](C)(O)C[C@@H](C)C(=O)[C@H](C)[C@H](O)[C@]1(C)O. The fourth-order valence-electron chi connectivity index (χ4n) is 8.41. The van der Waals surface area contributed by atoms with Gasteiger partial charge in [-0.3, -0.25) is 9.59 Å². The van der Waals surface area contributed by atoms with Crippen molar-refractivity contribution in [1.29, 1.82) is 0 Å². The lowest BCUT2D eigenvalue weighted by molar-refractivity contribution is -0.318. The van der Waals surface area contributed by atoms with Crippen molar-refractivity contribution in [1.82, 2.24) is 4.90 Å². The number of hydrogen-bond acceptors (Lipinski definition) is 15. The zero-order valence-electron chi connectivity index (χ0n) is 35.1. The van der Waals surface area contributed by atoms with Crippen molar-refractivity contribution in [3.63, 3.8) is 0 Å². The molecule has 3 aliphatic rings. The average Bonchev–Trinajstić information content (AvgIpc) is 3.09. The molecule has 0 aliphatic carbocycles. The number of nitrogens with zero attached hydrogens (tertiary/aromatic N) is 1. The Balaban J connectivity index is 0.00000325. The molecule has 0 aromatic heterocycles. The number of cyclic esters (lactones) is 1. The molecule has 6 N–H and O–H groups in total. The lowest BCUT2D eigenvalue weighted by atomic mass is 9.74. The molecule has 15 heteroatoms. The molecule has 3 fully saturated rings. The lowest BCUT2D eigenvalue weighted by Gasteiger charge is -2.49. The number of aliphatic hydroxyl groups excluding tert-OH is 4. The van der Waals surface area contributed by atoms with Gasteiger partial charge in [0.25, 0.3) is 0 Å². The first-order chi connectivity index (χ1) is 24.8. The van der Waals surface area contributed by atoms with E-state index in [-0.39, 0.29) is 38.0 Å². The molecule has 0 amide bonds. The maximum atomic E-state index is 14.1. The second-order valence-corrected chi connectivity index (χ2v) is 16.8. The molecule has 15 nitrogen and oxygen atoms in total. The Hall–Kier alpha value is -1.34. The Kier molecular flexibility index (Phi) is 18.0. The van der Waals surface area contributed by atoms with Crippen LogP contribution in [0.1, 0.15) is 102 Å². The topological polar surface area (TPSA) is 214 Å². The second kappa shape index (κ2) is 19.9. The molecule has 3 saturated heterocycles. The number of methoxy groups -OCH3 is 1. The van der Waals surface area contributed by atoms with E-state index in [0.717, 1.165) is 0 Å². The van der Waals surface area contributed by atoms with Crippen molar-refractivity contribution in [2.75, 3.05) is 27.8 Å². The van der Waals surface area contributed by atoms with Crippen LogP contribution in [0.3, 0.4) is 0 Å². The van der Waals surface area contributed by atoms with Gasteiger partial charge in [0.05, 0.1) is 47.6 Å². The predicted molar refractivity (Wildman–Crippen MR) is 199 cm³/mol. The number of esters is 1. The highest BCUT2D eigenvalue weighted by Gasteiger charge is 2.53. The Morgan fingerprint density at radius 2 is 1.44 bits per heavy atom. The van der Waals surface area contributed by atoms with Crippen LogP contribution in [0.2, 0.25) is 0 Å². The fourth-order valence-corrected chi connectivity index (χ4v) is 8.41. The summed E-state index contributed by atoms with van der Waals surface area (Å²) in [7, 11) is 5.18. The van der Waals surface area contributed by atoms with E-state index in [0.29, 0.717) is 6.42 Å². The number of ketones is 1. The summed E-state index contributed by atoms with van der Waals surface area (Å²) < 4.78 is 37.1. The van der Waals surface area contributed by atoms with Crippen molar-refractivity contribution in [2.45, 2.75) is 186 Å². The Morgan fingerprint density at radius 3 is 1.96 bits per heavy atom. The molecule has 0 unspecified atom stereocenters. The van der Waals surface area contributed by atoms with Crippen molar-refractivity contribution >= 4 is 11.8 Å². The fraction of sp³-hybridized carbons (Fsp3) is 0.949. The minimum absolute atomic E-state index is 0.0936. The molecule has 3 heterocycles. The van der Waals surface area contributed by atoms with Gasteiger partial charge in [0.2, 0.25) is 0 Å². The van der Waals surface area contributed by atoms with Gasteiger partial charge in [-0.2, -0.15) is 0 Å². The number of rotatable bonds is 7. The van der Waals surface area contributed by atoms with Crippen molar-refractivity contribution in [3.8, 4) is 0 Å². The zero-order chi connectivity index (χ0) is 41.7. The van der Waals surface area contributed by atoms with Gasteiger partial charge < -0.3 is 64.0 Å². The molecule has 0 saturated carbocycles. The van der Waals surface area contributed by atoms with Crippen molar-refractivity contribution < 1.29 is 68.6 Å². The maximum absolute atomic E-state index is 14.1. The first-order valence-corrected chi connectivity index (χ1v) is 19.5. The highest BCUT2D eigenvalue weighted by Crippen LogP contribution is 2.40. The van der Waals surface area contributed by atoms with Crippen LogP contribution >= 0.6 is 0 Å². The Labute approximate surface area is 322 Å². The largest absolute Gasteiger partial charge is 0.459 e. The molecule has 54 heavy (non-hydrogen) atoms. The van der Waals surface area contributed by atoms with Gasteiger partial charge >= 0.3 is 5.97 Å². The van der Waals surface area contributed by atoms with Crippen LogP contribution < -0.4 is 0 Å². The van der Waals surface area contributed by atoms with Crippen LogP contribution in [-0.4, -0.2) is 159 Å². The number of hydrogen-bond donors (Lipinski definition) is 6. The van der Waals surface area contributed by atoms with Gasteiger partial charge in [0, 0.05) is 43.9 Å². The zero-order valence-corrected chi connectivity index (χ0v) is 35.1. The summed E-state index contributed by atoms with van der Waals surface area (Å²) >= 11 is 0. The van der Waals surface area contributed by atoms with Gasteiger partial charge in [0.1, 0.15) is 29.7 Å². The lowest BCUT2D eigenvalue weighted by Crippen LogP contribution is -2.61. The number of ether oxygens (including phenoxy) is 6. The molecule has 0 aromatic rings. The summed E-state index contributed by atoms with van der Waals surface area (Å²) in [6.45, 7) is 18.3. The first kappa shape index (κ1) is 48.8. The average molecular weight is 780 g/mol. The highest BCUT2D eigenvalue weighted by molar-refractivity contribution is 5.83. The van der Waals surface area contributed by atoms with Crippen LogP contribution in [0.25, 0.3) is 0 Å². The van der Waals surface area contributed by atoms with Gasteiger partial charge in [-0.25, -0.2) is 0 Å². The Bertz CT molecular complexity index is 1190. The summed E-state index contributed by atoms with van der Waals surface area (Å²) in [6.07, 6.45) is -9.71. The van der Waals surface area contributed by atoms with Crippen LogP contribution in [0.4, 0.5) is 0 Å². The molecular formula is C39H73NO14. The van der Waals surface area contributed by atoms with E-state index in [4.69, 9.17) is 33.5 Å². The third-order valence-electron chi connectivity index (χ3n) is 11.8. The monoisotopic (exact) mass is 780 g/mol. The normalized spacial score (nSPS) is 47.3. The number of likely N-dealkylation sites (N-methyl/N-ethyl adjacent to an activating group) is 1. The third kappa shape index (κ3) is 11.2. The minimum atomic E-state index is -1.99. The number of Topliss-reactive ketones (excluding diaryl/α,β-unsaturated/α-hetero) is 1. The van der Waals surface area contributed by atoms with Crippen molar-refractivity contribution in [2.24, 2.45) is 23.7 Å². The third-order valence-corrected chi connectivity index (χ3v) is 11.8. The number of carbonyl (C=O) groups excluding carboxylic acids is 2. The molecule has 18 atom stereocenters. The van der Waals surface area contributed by atoms with E-state index >= 15 is 0 Å². The number of carbonyl (C=O) groups is 2. The maximum Gasteiger partial charge on any atom is 0.311 e. The van der Waals surface area contributed by atoms with E-state index < -0.39 is 108 Å². The van der Waals surface area contributed by atoms with Crippen LogP contribution in [-0.2, 0) is 38.0 Å². The highest BCUT2D eigenvalue weighted by atomic mass is 16.7. The van der Waals surface area contributed by atoms with E-state index in [1.807, 2.05) is 25.9 Å². The summed E-state index contributed by atoms with van der Waals surface area (Å²) in [5, 5.41) is 65.2. The van der Waals surface area contributed by atoms with Gasteiger partial charge in [-0.1, -0.05) is 27.7 Å². The molecule has 0 radical (unpaired) electrons. The minimum Gasteiger partial charge on any atom is -0.459 e. The molecule has 3 rings (SSSR count).